The lowest BCUT2D eigenvalue weighted by Gasteiger charge is -2.18. The van der Waals surface area contributed by atoms with Crippen molar-refractivity contribution in [2.24, 2.45) is 0 Å². The number of methoxy groups -OCH3 is 1. The lowest BCUT2D eigenvalue weighted by Crippen LogP contribution is -2.32. The van der Waals surface area contributed by atoms with Gasteiger partial charge >= 0.3 is 0 Å². The van der Waals surface area contributed by atoms with E-state index >= 15 is 0 Å². The Hall–Kier alpha value is -2.61. The number of amides is 1. The molecule has 8 nitrogen and oxygen atoms in total. The number of nitrogens with zero attached hydrogens (tertiary/aromatic N) is 2. The molecule has 3 heterocycles. The molecule has 0 saturated carbocycles. The van der Waals surface area contributed by atoms with E-state index in [1.165, 1.54) is 6.07 Å². The first kappa shape index (κ1) is 20.1. The average molecular weight is 389 g/mol. The molecular weight excluding hydrogens is 362 g/mol. The monoisotopic (exact) mass is 389 g/mol. The SMILES string of the molecule is COCCNC(=O)c1c(OCc2c(C)noc2C)cc(=O)n2c1CCCCC2. The Balaban J connectivity index is 1.97. The van der Waals surface area contributed by atoms with Crippen LogP contribution in [0.25, 0.3) is 0 Å². The van der Waals surface area contributed by atoms with Gasteiger partial charge in [0.2, 0.25) is 0 Å². The van der Waals surface area contributed by atoms with Gasteiger partial charge in [0.1, 0.15) is 23.7 Å². The number of hydrogen-bond donors (Lipinski definition) is 1. The minimum atomic E-state index is -0.253. The lowest BCUT2D eigenvalue weighted by molar-refractivity contribution is 0.0930. The summed E-state index contributed by atoms with van der Waals surface area (Å²) in [5.41, 5.74) is 2.59. The Labute approximate surface area is 163 Å². The van der Waals surface area contributed by atoms with Gasteiger partial charge in [-0.05, 0) is 33.1 Å². The number of carbonyl (C=O) groups is 1. The molecule has 28 heavy (non-hydrogen) atoms. The molecule has 0 bridgehead atoms. The Morgan fingerprint density at radius 3 is 2.86 bits per heavy atom. The zero-order valence-electron chi connectivity index (χ0n) is 16.7. The van der Waals surface area contributed by atoms with E-state index in [1.54, 1.807) is 11.7 Å². The van der Waals surface area contributed by atoms with E-state index in [0.717, 1.165) is 36.2 Å². The van der Waals surface area contributed by atoms with E-state index in [1.807, 2.05) is 13.8 Å². The summed E-state index contributed by atoms with van der Waals surface area (Å²) in [7, 11) is 1.58. The first-order valence-electron chi connectivity index (χ1n) is 9.61. The normalized spacial score (nSPS) is 13.7. The second kappa shape index (κ2) is 9.05. The van der Waals surface area contributed by atoms with Gasteiger partial charge in [0.05, 0.1) is 17.9 Å². The number of aryl methyl sites for hydroxylation is 2. The number of fused-ring (bicyclic) bond motifs is 1. The summed E-state index contributed by atoms with van der Waals surface area (Å²) in [5, 5.41) is 6.78. The maximum atomic E-state index is 12.9. The molecule has 1 amide bonds. The summed E-state index contributed by atoms with van der Waals surface area (Å²) in [5.74, 6) is 0.708. The Morgan fingerprint density at radius 2 is 2.14 bits per heavy atom. The molecule has 1 aliphatic heterocycles. The predicted octanol–water partition coefficient (Wildman–Crippen LogP) is 2.13. The minimum absolute atomic E-state index is 0.140. The number of nitrogens with one attached hydrogen (secondary N) is 1. The van der Waals surface area contributed by atoms with Crippen LogP contribution in [0.4, 0.5) is 0 Å². The fourth-order valence-corrected chi connectivity index (χ4v) is 3.49. The number of rotatable bonds is 7. The van der Waals surface area contributed by atoms with Gasteiger partial charge in [-0.25, -0.2) is 0 Å². The van der Waals surface area contributed by atoms with Crippen LogP contribution in [0.3, 0.4) is 0 Å². The smallest absolute Gasteiger partial charge is 0.256 e. The largest absolute Gasteiger partial charge is 0.488 e. The summed E-state index contributed by atoms with van der Waals surface area (Å²) in [6.07, 6.45) is 3.56. The van der Waals surface area contributed by atoms with Crippen LogP contribution in [0.5, 0.6) is 5.75 Å². The topological polar surface area (TPSA) is 95.6 Å². The molecule has 0 saturated heterocycles. The third-order valence-corrected chi connectivity index (χ3v) is 5.05. The van der Waals surface area contributed by atoms with Crippen molar-refractivity contribution in [3.8, 4) is 5.75 Å². The van der Waals surface area contributed by atoms with Crippen molar-refractivity contribution < 1.29 is 18.8 Å². The first-order chi connectivity index (χ1) is 13.5. The lowest BCUT2D eigenvalue weighted by atomic mass is 10.1. The van der Waals surface area contributed by atoms with Crippen LogP contribution < -0.4 is 15.6 Å². The van der Waals surface area contributed by atoms with Crippen LogP contribution in [-0.2, 0) is 24.3 Å². The van der Waals surface area contributed by atoms with Crippen LogP contribution >= 0.6 is 0 Å². The highest BCUT2D eigenvalue weighted by atomic mass is 16.5. The maximum absolute atomic E-state index is 12.9. The number of ether oxygens (including phenoxy) is 2. The molecule has 152 valence electrons. The van der Waals surface area contributed by atoms with Crippen LogP contribution in [0.1, 0.15) is 52.3 Å². The van der Waals surface area contributed by atoms with Crippen molar-refractivity contribution in [1.29, 1.82) is 0 Å². The van der Waals surface area contributed by atoms with Gasteiger partial charge in [0, 0.05) is 32.0 Å². The van der Waals surface area contributed by atoms with Gasteiger partial charge < -0.3 is 23.9 Å². The van der Waals surface area contributed by atoms with Crippen LogP contribution in [0.15, 0.2) is 15.4 Å². The second-order valence-corrected chi connectivity index (χ2v) is 6.97. The van der Waals surface area contributed by atoms with E-state index in [4.69, 9.17) is 14.0 Å². The van der Waals surface area contributed by atoms with E-state index in [-0.39, 0.29) is 18.1 Å². The minimum Gasteiger partial charge on any atom is -0.488 e. The molecule has 0 aliphatic carbocycles. The Morgan fingerprint density at radius 1 is 1.32 bits per heavy atom. The number of pyridine rings is 1. The summed E-state index contributed by atoms with van der Waals surface area (Å²) in [6, 6.07) is 1.41. The molecule has 0 radical (unpaired) electrons. The van der Waals surface area contributed by atoms with Crippen molar-refractivity contribution in [2.75, 3.05) is 20.3 Å². The number of hydrogen-bond acceptors (Lipinski definition) is 6. The first-order valence-corrected chi connectivity index (χ1v) is 9.61. The van der Waals surface area contributed by atoms with Crippen molar-refractivity contribution in [2.45, 2.75) is 52.7 Å². The molecule has 0 spiro atoms. The van der Waals surface area contributed by atoms with Crippen molar-refractivity contribution in [3.05, 3.63) is 44.7 Å². The summed E-state index contributed by atoms with van der Waals surface area (Å²) >= 11 is 0. The van der Waals surface area contributed by atoms with Gasteiger partial charge in [-0.2, -0.15) is 0 Å². The van der Waals surface area contributed by atoms with E-state index in [9.17, 15) is 9.59 Å². The molecule has 0 unspecified atom stereocenters. The molecule has 2 aromatic heterocycles. The van der Waals surface area contributed by atoms with Gasteiger partial charge in [-0.3, -0.25) is 9.59 Å². The van der Waals surface area contributed by atoms with E-state index in [2.05, 4.69) is 10.5 Å². The van der Waals surface area contributed by atoms with Gasteiger partial charge in [-0.1, -0.05) is 11.6 Å². The number of aromatic nitrogens is 2. The third kappa shape index (κ3) is 4.27. The van der Waals surface area contributed by atoms with Crippen LogP contribution in [-0.4, -0.2) is 35.9 Å². The summed E-state index contributed by atoms with van der Waals surface area (Å²) in [6.45, 7) is 5.24. The molecule has 1 N–H and O–H groups in total. The van der Waals surface area contributed by atoms with Gasteiger partial charge in [0.15, 0.2) is 0 Å². The fourth-order valence-electron chi connectivity index (χ4n) is 3.49. The van der Waals surface area contributed by atoms with Crippen molar-refractivity contribution >= 4 is 5.91 Å². The van der Waals surface area contributed by atoms with E-state index < -0.39 is 0 Å². The third-order valence-electron chi connectivity index (χ3n) is 5.05. The van der Waals surface area contributed by atoms with Gasteiger partial charge in [-0.15, -0.1) is 0 Å². The highest BCUT2D eigenvalue weighted by Crippen LogP contribution is 2.26. The fraction of sp³-hybridized carbons (Fsp3) is 0.550. The molecule has 0 atom stereocenters. The summed E-state index contributed by atoms with van der Waals surface area (Å²) in [4.78, 5) is 25.6. The number of carbonyl (C=O) groups excluding carboxylic acids is 1. The van der Waals surface area contributed by atoms with E-state index in [0.29, 0.717) is 43.2 Å². The van der Waals surface area contributed by atoms with Crippen LogP contribution in [0, 0.1) is 13.8 Å². The molecule has 2 aromatic rings. The molecule has 0 aromatic carbocycles. The highest BCUT2D eigenvalue weighted by Gasteiger charge is 2.24. The molecule has 3 rings (SSSR count). The molecule has 0 fully saturated rings. The standard InChI is InChI=1S/C20H27N3O5/c1-13-15(14(2)28-22-13)12-27-17-11-18(24)23-9-6-4-5-7-16(23)19(17)20(25)21-8-10-26-3/h11H,4-10,12H2,1-3H3,(H,21,25). The second-order valence-electron chi connectivity index (χ2n) is 6.97. The zero-order chi connectivity index (χ0) is 20.1. The van der Waals surface area contributed by atoms with Crippen LogP contribution in [0.2, 0.25) is 0 Å². The predicted molar refractivity (Wildman–Crippen MR) is 103 cm³/mol. The van der Waals surface area contributed by atoms with Gasteiger partial charge in [0.25, 0.3) is 11.5 Å². The molecule has 1 aliphatic rings. The zero-order valence-corrected chi connectivity index (χ0v) is 16.7. The summed E-state index contributed by atoms with van der Waals surface area (Å²) < 4.78 is 17.8. The van der Waals surface area contributed by atoms with Crippen molar-refractivity contribution in [3.63, 3.8) is 0 Å². The molecular formula is C20H27N3O5. The average Bonchev–Trinajstić information content (AvgIpc) is 2.86. The Bertz CT molecular complexity index is 880. The maximum Gasteiger partial charge on any atom is 0.256 e. The quantitative estimate of drug-likeness (QED) is 0.729. The Kier molecular flexibility index (Phi) is 6.51. The highest BCUT2D eigenvalue weighted by molar-refractivity contribution is 5.98. The molecule has 8 heteroatoms. The van der Waals surface area contributed by atoms with Crippen molar-refractivity contribution in [1.82, 2.24) is 15.0 Å².